The summed E-state index contributed by atoms with van der Waals surface area (Å²) in [6, 6.07) is 1.69. The van der Waals surface area contributed by atoms with Crippen LogP contribution in [0, 0.1) is 16.2 Å². The van der Waals surface area contributed by atoms with Gasteiger partial charge in [0.05, 0.1) is 0 Å². The summed E-state index contributed by atoms with van der Waals surface area (Å²) < 4.78 is 0. The van der Waals surface area contributed by atoms with E-state index in [0.29, 0.717) is 12.0 Å². The molecule has 0 atom stereocenters. The molecule has 0 aliphatic carbocycles. The van der Waals surface area contributed by atoms with Gasteiger partial charge in [-0.05, 0) is 24.1 Å². The van der Waals surface area contributed by atoms with Crippen LogP contribution in [0.15, 0.2) is 29.1 Å². The quantitative estimate of drug-likeness (QED) is 0.339. The fourth-order valence-electron chi connectivity index (χ4n) is 0.507. The number of nitroso groups, excluding NO2 is 1. The SMILES string of the molecule is C=CC/C(C)=C(/C#N)N=O. The van der Waals surface area contributed by atoms with Gasteiger partial charge in [-0.3, -0.25) is 0 Å². The molecule has 0 aliphatic heterocycles. The minimum Gasteiger partial charge on any atom is -0.191 e. The molecule has 0 unspecified atom stereocenters. The van der Waals surface area contributed by atoms with Crippen LogP contribution in [0.5, 0.6) is 0 Å². The zero-order chi connectivity index (χ0) is 7.98. The van der Waals surface area contributed by atoms with Gasteiger partial charge in [0.1, 0.15) is 6.07 Å². The average Bonchev–Trinajstić information content (AvgIpc) is 1.91. The molecule has 0 N–H and O–H groups in total. The van der Waals surface area contributed by atoms with Crippen LogP contribution in [0.3, 0.4) is 0 Å². The predicted molar refractivity (Wildman–Crippen MR) is 38.9 cm³/mol. The third kappa shape index (κ3) is 2.23. The van der Waals surface area contributed by atoms with Crippen molar-refractivity contribution in [1.29, 1.82) is 5.26 Å². The van der Waals surface area contributed by atoms with E-state index >= 15 is 0 Å². The van der Waals surface area contributed by atoms with Crippen molar-refractivity contribution >= 4 is 0 Å². The van der Waals surface area contributed by atoms with Crippen LogP contribution in [-0.2, 0) is 0 Å². The summed E-state index contributed by atoms with van der Waals surface area (Å²) in [6.45, 7) is 5.15. The van der Waals surface area contributed by atoms with Crippen LogP contribution < -0.4 is 0 Å². The number of nitriles is 1. The average molecular weight is 136 g/mol. The Bertz CT molecular complexity index is 210. The van der Waals surface area contributed by atoms with Gasteiger partial charge < -0.3 is 0 Å². The molecular formula is C7H8N2O. The van der Waals surface area contributed by atoms with E-state index in [1.807, 2.05) is 0 Å². The lowest BCUT2D eigenvalue weighted by Crippen LogP contribution is -1.79. The zero-order valence-electron chi connectivity index (χ0n) is 5.79. The molecule has 3 nitrogen and oxygen atoms in total. The molecule has 0 bridgehead atoms. The maximum Gasteiger partial charge on any atom is 0.184 e. The molecule has 0 rings (SSSR count). The van der Waals surface area contributed by atoms with E-state index in [4.69, 9.17) is 5.26 Å². The molecule has 0 aliphatic rings. The maximum absolute atomic E-state index is 9.89. The molecule has 3 heteroatoms. The van der Waals surface area contributed by atoms with Crippen molar-refractivity contribution in [2.75, 3.05) is 0 Å². The highest BCUT2D eigenvalue weighted by molar-refractivity contribution is 5.26. The predicted octanol–water partition coefficient (Wildman–Crippen LogP) is 2.13. The summed E-state index contributed by atoms with van der Waals surface area (Å²) in [6.07, 6.45) is 2.16. The molecule has 0 heterocycles. The second-order valence-corrected chi connectivity index (χ2v) is 1.82. The van der Waals surface area contributed by atoms with Gasteiger partial charge in [0, 0.05) is 0 Å². The molecule has 0 amide bonds. The normalized spacial score (nSPS) is 11.2. The zero-order valence-corrected chi connectivity index (χ0v) is 5.79. The first-order chi connectivity index (χ1) is 4.76. The Hall–Kier alpha value is -1.43. The third-order valence-electron chi connectivity index (χ3n) is 1.05. The monoisotopic (exact) mass is 136 g/mol. The Morgan fingerprint density at radius 1 is 1.90 bits per heavy atom. The lowest BCUT2D eigenvalue weighted by atomic mass is 10.2. The number of allylic oxidation sites excluding steroid dienone is 3. The summed E-state index contributed by atoms with van der Waals surface area (Å²) in [5, 5.41) is 10.8. The second-order valence-electron chi connectivity index (χ2n) is 1.82. The van der Waals surface area contributed by atoms with E-state index in [1.54, 1.807) is 19.1 Å². The maximum atomic E-state index is 9.89. The smallest absolute Gasteiger partial charge is 0.184 e. The van der Waals surface area contributed by atoms with E-state index in [-0.39, 0.29) is 5.70 Å². The molecule has 10 heavy (non-hydrogen) atoms. The van der Waals surface area contributed by atoms with Gasteiger partial charge in [0.25, 0.3) is 0 Å². The highest BCUT2D eigenvalue weighted by Crippen LogP contribution is 2.07. The van der Waals surface area contributed by atoms with E-state index < -0.39 is 0 Å². The molecule has 0 aromatic heterocycles. The van der Waals surface area contributed by atoms with Crippen LogP contribution in [-0.4, -0.2) is 0 Å². The van der Waals surface area contributed by atoms with Crippen molar-refractivity contribution < 1.29 is 0 Å². The topological polar surface area (TPSA) is 53.2 Å². The highest BCUT2D eigenvalue weighted by Gasteiger charge is 1.97. The van der Waals surface area contributed by atoms with Gasteiger partial charge in [0.2, 0.25) is 0 Å². The van der Waals surface area contributed by atoms with Crippen molar-refractivity contribution in [3.63, 3.8) is 0 Å². The molecule has 0 radical (unpaired) electrons. The summed E-state index contributed by atoms with van der Waals surface area (Å²) >= 11 is 0. The summed E-state index contributed by atoms with van der Waals surface area (Å²) in [4.78, 5) is 9.89. The summed E-state index contributed by atoms with van der Waals surface area (Å²) in [7, 11) is 0. The Kier molecular flexibility index (Phi) is 3.81. The minimum atomic E-state index is -0.0418. The van der Waals surface area contributed by atoms with E-state index in [0.717, 1.165) is 0 Å². The van der Waals surface area contributed by atoms with Crippen molar-refractivity contribution in [1.82, 2.24) is 0 Å². The van der Waals surface area contributed by atoms with Crippen molar-refractivity contribution in [3.8, 4) is 6.07 Å². The molecule has 0 saturated heterocycles. The largest absolute Gasteiger partial charge is 0.191 e. The van der Waals surface area contributed by atoms with Crippen LogP contribution in [0.1, 0.15) is 13.3 Å². The number of hydrogen-bond donors (Lipinski definition) is 0. The van der Waals surface area contributed by atoms with Crippen molar-refractivity contribution in [2.24, 2.45) is 5.18 Å². The molecule has 0 aromatic carbocycles. The number of rotatable bonds is 3. The van der Waals surface area contributed by atoms with Gasteiger partial charge in [-0.1, -0.05) is 6.08 Å². The van der Waals surface area contributed by atoms with Crippen LogP contribution in [0.2, 0.25) is 0 Å². The van der Waals surface area contributed by atoms with Crippen LogP contribution in [0.25, 0.3) is 0 Å². The first-order valence-corrected chi connectivity index (χ1v) is 2.80. The van der Waals surface area contributed by atoms with Gasteiger partial charge in [-0.25, -0.2) is 0 Å². The lowest BCUT2D eigenvalue weighted by molar-refractivity contribution is 1.14. The van der Waals surface area contributed by atoms with Gasteiger partial charge >= 0.3 is 0 Å². The molecule has 0 fully saturated rings. The van der Waals surface area contributed by atoms with Gasteiger partial charge in [-0.15, -0.1) is 11.5 Å². The first kappa shape index (κ1) is 8.57. The fraction of sp³-hybridized carbons (Fsp3) is 0.286. The lowest BCUT2D eigenvalue weighted by Gasteiger charge is -1.91. The van der Waals surface area contributed by atoms with Crippen molar-refractivity contribution in [3.05, 3.63) is 28.8 Å². The molecule has 0 spiro atoms. The van der Waals surface area contributed by atoms with E-state index in [2.05, 4.69) is 11.8 Å². The van der Waals surface area contributed by atoms with Gasteiger partial charge in [-0.2, -0.15) is 5.26 Å². The molecular weight excluding hydrogens is 128 g/mol. The van der Waals surface area contributed by atoms with Crippen molar-refractivity contribution in [2.45, 2.75) is 13.3 Å². The van der Waals surface area contributed by atoms with Gasteiger partial charge in [0.15, 0.2) is 5.70 Å². The first-order valence-electron chi connectivity index (χ1n) is 2.80. The minimum absolute atomic E-state index is 0.0418. The Morgan fingerprint density at radius 3 is 2.80 bits per heavy atom. The number of hydrogen-bond acceptors (Lipinski definition) is 3. The Labute approximate surface area is 59.6 Å². The third-order valence-corrected chi connectivity index (χ3v) is 1.05. The molecule has 0 aromatic rings. The summed E-state index contributed by atoms with van der Waals surface area (Å²) in [5.41, 5.74) is 0.618. The van der Waals surface area contributed by atoms with E-state index in [9.17, 15) is 4.91 Å². The van der Waals surface area contributed by atoms with Crippen LogP contribution >= 0.6 is 0 Å². The van der Waals surface area contributed by atoms with Crippen LogP contribution in [0.4, 0.5) is 0 Å². The van der Waals surface area contributed by atoms with E-state index in [1.165, 1.54) is 0 Å². The number of nitrogens with zero attached hydrogens (tertiary/aromatic N) is 2. The Morgan fingerprint density at radius 2 is 2.50 bits per heavy atom. The highest BCUT2D eigenvalue weighted by atomic mass is 16.3. The second kappa shape index (κ2) is 4.45. The molecule has 0 saturated carbocycles. The Balaban J connectivity index is 4.45. The summed E-state index contributed by atoms with van der Waals surface area (Å²) in [5.74, 6) is 0. The standard InChI is InChI=1S/C7H8N2O/c1-3-4-6(2)7(5-8)9-10/h3H,1,4H2,2H3/b7-6-. The fourth-order valence-corrected chi connectivity index (χ4v) is 0.507. The molecule has 52 valence electrons.